The maximum atomic E-state index is 11.3. The van der Waals surface area contributed by atoms with Gasteiger partial charge in [-0.1, -0.05) is 18.3 Å². The third-order valence-electron chi connectivity index (χ3n) is 1.84. The van der Waals surface area contributed by atoms with Crippen molar-refractivity contribution in [3.63, 3.8) is 0 Å². The Morgan fingerprint density at radius 3 is 2.40 bits per heavy atom. The lowest BCUT2D eigenvalue weighted by Crippen LogP contribution is -2.48. The molecule has 0 spiro atoms. The van der Waals surface area contributed by atoms with Gasteiger partial charge in [-0.25, -0.2) is 4.79 Å². The van der Waals surface area contributed by atoms with Crippen LogP contribution in [0.2, 0.25) is 0 Å². The summed E-state index contributed by atoms with van der Waals surface area (Å²) < 4.78 is 0. The molecular weight excluding hydrogens is 212 g/mol. The molecular formula is C9H16N4OS. The van der Waals surface area contributed by atoms with E-state index < -0.39 is 6.03 Å². The number of hydrogen-bond donors (Lipinski definition) is 1. The van der Waals surface area contributed by atoms with E-state index in [1.807, 2.05) is 27.7 Å². The van der Waals surface area contributed by atoms with E-state index in [1.54, 1.807) is 0 Å². The second kappa shape index (κ2) is 4.14. The summed E-state index contributed by atoms with van der Waals surface area (Å²) in [7, 11) is 0. The van der Waals surface area contributed by atoms with Crippen molar-refractivity contribution < 1.29 is 4.79 Å². The number of carbonyl (C=O) groups is 1. The van der Waals surface area contributed by atoms with Crippen molar-refractivity contribution in [1.82, 2.24) is 10.2 Å². The molecule has 0 fully saturated rings. The first-order valence-electron chi connectivity index (χ1n) is 4.78. The molecule has 2 amide bonds. The Labute approximate surface area is 93.3 Å². The van der Waals surface area contributed by atoms with Crippen molar-refractivity contribution in [2.75, 3.05) is 4.90 Å². The molecule has 0 unspecified atom stereocenters. The highest BCUT2D eigenvalue weighted by Gasteiger charge is 2.29. The van der Waals surface area contributed by atoms with Gasteiger partial charge < -0.3 is 5.73 Å². The van der Waals surface area contributed by atoms with Crippen LogP contribution < -0.4 is 10.6 Å². The Hall–Kier alpha value is -1.17. The second-order valence-corrected chi connectivity index (χ2v) is 5.22. The van der Waals surface area contributed by atoms with Crippen LogP contribution in [0, 0.1) is 0 Å². The van der Waals surface area contributed by atoms with E-state index in [2.05, 4.69) is 10.2 Å². The Kier molecular flexibility index (Phi) is 3.28. The Morgan fingerprint density at radius 2 is 2.07 bits per heavy atom. The van der Waals surface area contributed by atoms with Gasteiger partial charge in [0.25, 0.3) is 0 Å². The summed E-state index contributed by atoms with van der Waals surface area (Å²) in [5.41, 5.74) is 4.95. The van der Waals surface area contributed by atoms with E-state index in [0.29, 0.717) is 5.13 Å². The predicted molar refractivity (Wildman–Crippen MR) is 61.1 cm³/mol. The molecule has 2 N–H and O–H groups in total. The number of carbonyl (C=O) groups excluding carboxylic acids is 1. The van der Waals surface area contributed by atoms with Crippen molar-refractivity contribution in [2.24, 2.45) is 5.73 Å². The summed E-state index contributed by atoms with van der Waals surface area (Å²) in [5.74, 6) is 0. The van der Waals surface area contributed by atoms with Crippen LogP contribution >= 0.6 is 11.3 Å². The number of amides is 2. The normalized spacial score (nSPS) is 11.5. The maximum absolute atomic E-state index is 11.3. The molecule has 1 aromatic rings. The lowest BCUT2D eigenvalue weighted by molar-refractivity contribution is 0.249. The van der Waals surface area contributed by atoms with Crippen LogP contribution in [0.4, 0.5) is 9.93 Å². The number of rotatable bonds is 2. The molecule has 1 aromatic heterocycles. The molecule has 0 aliphatic carbocycles. The highest BCUT2D eigenvalue weighted by molar-refractivity contribution is 7.15. The molecule has 1 rings (SSSR count). The summed E-state index contributed by atoms with van der Waals surface area (Å²) in [4.78, 5) is 12.8. The molecule has 0 aliphatic heterocycles. The smallest absolute Gasteiger partial charge is 0.321 e. The second-order valence-electron chi connectivity index (χ2n) is 4.18. The van der Waals surface area contributed by atoms with E-state index in [1.165, 1.54) is 16.2 Å². The first kappa shape index (κ1) is 11.9. The minimum atomic E-state index is -0.499. The van der Waals surface area contributed by atoms with E-state index in [0.717, 1.165) is 11.4 Å². The molecule has 0 saturated carbocycles. The van der Waals surface area contributed by atoms with Crippen LogP contribution in [0.1, 0.15) is 32.7 Å². The molecule has 84 valence electrons. The predicted octanol–water partition coefficient (Wildman–Crippen LogP) is 1.78. The molecule has 0 saturated heterocycles. The Balaban J connectivity index is 3.05. The van der Waals surface area contributed by atoms with Gasteiger partial charge >= 0.3 is 6.03 Å². The van der Waals surface area contributed by atoms with Gasteiger partial charge in [-0.15, -0.1) is 10.2 Å². The molecule has 6 heteroatoms. The summed E-state index contributed by atoms with van der Waals surface area (Å²) in [6.45, 7) is 7.72. The van der Waals surface area contributed by atoms with E-state index >= 15 is 0 Å². The van der Waals surface area contributed by atoms with E-state index in [-0.39, 0.29) is 5.54 Å². The lowest BCUT2D eigenvalue weighted by atomic mass is 10.1. The largest absolute Gasteiger partial charge is 0.351 e. The number of aromatic nitrogens is 2. The summed E-state index contributed by atoms with van der Waals surface area (Å²) in [6, 6.07) is -0.499. The average Bonchev–Trinajstić information content (AvgIpc) is 2.49. The first-order valence-corrected chi connectivity index (χ1v) is 5.60. The van der Waals surface area contributed by atoms with Crippen molar-refractivity contribution in [1.29, 1.82) is 0 Å². The number of nitrogens with zero attached hydrogens (tertiary/aromatic N) is 3. The van der Waals surface area contributed by atoms with Crippen molar-refractivity contribution in [3.8, 4) is 0 Å². The third-order valence-corrected chi connectivity index (χ3v) is 2.89. The van der Waals surface area contributed by atoms with Crippen LogP contribution in [0.5, 0.6) is 0 Å². The Morgan fingerprint density at radius 1 is 1.47 bits per heavy atom. The number of hydrogen-bond acceptors (Lipinski definition) is 4. The van der Waals surface area contributed by atoms with Crippen LogP contribution in [-0.2, 0) is 6.42 Å². The highest BCUT2D eigenvalue weighted by Crippen LogP contribution is 2.26. The number of primary amides is 1. The number of urea groups is 1. The van der Waals surface area contributed by atoms with Crippen molar-refractivity contribution >= 4 is 22.5 Å². The zero-order valence-corrected chi connectivity index (χ0v) is 10.3. The zero-order valence-electron chi connectivity index (χ0n) is 9.44. The van der Waals surface area contributed by atoms with Gasteiger partial charge in [-0.05, 0) is 27.2 Å². The highest BCUT2D eigenvalue weighted by atomic mass is 32.1. The van der Waals surface area contributed by atoms with Crippen LogP contribution in [-0.4, -0.2) is 21.8 Å². The molecule has 1 heterocycles. The quantitative estimate of drug-likeness (QED) is 0.838. The number of anilines is 1. The molecule has 0 atom stereocenters. The molecule has 0 radical (unpaired) electrons. The van der Waals surface area contributed by atoms with Gasteiger partial charge in [0.05, 0.1) is 0 Å². The zero-order chi connectivity index (χ0) is 11.6. The molecule has 15 heavy (non-hydrogen) atoms. The van der Waals surface area contributed by atoms with Crippen LogP contribution in [0.15, 0.2) is 0 Å². The Bertz CT molecular complexity index is 355. The van der Waals surface area contributed by atoms with E-state index in [4.69, 9.17) is 5.73 Å². The third kappa shape index (κ3) is 2.65. The standard InChI is InChI=1S/C9H16N4OS/c1-5-6-11-12-8(15-6)13(7(10)14)9(2,3)4/h5H2,1-4H3,(H2,10,14). The van der Waals surface area contributed by atoms with Gasteiger partial charge in [-0.3, -0.25) is 4.90 Å². The van der Waals surface area contributed by atoms with E-state index in [9.17, 15) is 4.79 Å². The topological polar surface area (TPSA) is 72.1 Å². The molecule has 5 nitrogen and oxygen atoms in total. The van der Waals surface area contributed by atoms with Gasteiger partial charge in [-0.2, -0.15) is 0 Å². The lowest BCUT2D eigenvalue weighted by Gasteiger charge is -2.31. The fourth-order valence-electron chi connectivity index (χ4n) is 1.19. The maximum Gasteiger partial charge on any atom is 0.321 e. The van der Waals surface area contributed by atoms with Crippen LogP contribution in [0.3, 0.4) is 0 Å². The summed E-state index contributed by atoms with van der Waals surface area (Å²) in [5, 5.41) is 9.40. The fraction of sp³-hybridized carbons (Fsp3) is 0.667. The molecule has 0 aliphatic rings. The van der Waals surface area contributed by atoms with Gasteiger partial charge in [0.2, 0.25) is 5.13 Å². The number of nitrogens with two attached hydrogens (primary N) is 1. The summed E-state index contributed by atoms with van der Waals surface area (Å²) in [6.07, 6.45) is 0.814. The SMILES string of the molecule is CCc1nnc(N(C(N)=O)C(C)(C)C)s1. The first-order chi connectivity index (χ1) is 6.86. The van der Waals surface area contributed by atoms with Gasteiger partial charge in [0.15, 0.2) is 0 Å². The van der Waals surface area contributed by atoms with Crippen molar-refractivity contribution in [2.45, 2.75) is 39.7 Å². The monoisotopic (exact) mass is 228 g/mol. The average molecular weight is 228 g/mol. The van der Waals surface area contributed by atoms with Crippen molar-refractivity contribution in [3.05, 3.63) is 5.01 Å². The minimum Gasteiger partial charge on any atom is -0.351 e. The van der Waals surface area contributed by atoms with Crippen LogP contribution in [0.25, 0.3) is 0 Å². The molecule has 0 aromatic carbocycles. The fourth-order valence-corrected chi connectivity index (χ4v) is 2.16. The number of aryl methyl sites for hydroxylation is 1. The minimum absolute atomic E-state index is 0.379. The molecule has 0 bridgehead atoms. The summed E-state index contributed by atoms with van der Waals surface area (Å²) >= 11 is 1.40. The van der Waals surface area contributed by atoms with Gasteiger partial charge in [0, 0.05) is 5.54 Å². The van der Waals surface area contributed by atoms with Gasteiger partial charge in [0.1, 0.15) is 5.01 Å².